The van der Waals surface area contributed by atoms with Gasteiger partial charge in [0, 0.05) is 19.6 Å². The van der Waals surface area contributed by atoms with Crippen molar-refractivity contribution in [1.29, 1.82) is 0 Å². The van der Waals surface area contributed by atoms with Gasteiger partial charge in [-0.15, -0.1) is 0 Å². The Morgan fingerprint density at radius 1 is 1.25 bits per heavy atom. The van der Waals surface area contributed by atoms with Crippen LogP contribution in [0.1, 0.15) is 31.2 Å². The monoisotopic (exact) mass is 332 g/mol. The zero-order valence-electron chi connectivity index (χ0n) is 14.3. The largest absolute Gasteiger partial charge is 0.395 e. The highest BCUT2D eigenvalue weighted by Crippen LogP contribution is 2.28. The van der Waals surface area contributed by atoms with Gasteiger partial charge in [-0.3, -0.25) is 9.69 Å². The molecule has 1 saturated heterocycles. The molecule has 1 saturated carbocycles. The average molecular weight is 332 g/mol. The smallest absolute Gasteiger partial charge is 0.237 e. The molecule has 1 aliphatic carbocycles. The summed E-state index contributed by atoms with van der Waals surface area (Å²) in [6.07, 6.45) is 4.72. The Balaban J connectivity index is 1.62. The molecule has 132 valence electrons. The summed E-state index contributed by atoms with van der Waals surface area (Å²) in [7, 11) is 0. The highest BCUT2D eigenvalue weighted by atomic mass is 16.5. The molecule has 0 aromatic heterocycles. The molecule has 1 aliphatic heterocycles. The van der Waals surface area contributed by atoms with E-state index in [4.69, 9.17) is 4.74 Å². The van der Waals surface area contributed by atoms with E-state index in [0.29, 0.717) is 32.8 Å². The Bertz CT molecular complexity index is 521. The normalized spacial score (nSPS) is 24.0. The summed E-state index contributed by atoms with van der Waals surface area (Å²) in [5, 5.41) is 9.34. The van der Waals surface area contributed by atoms with Crippen LogP contribution in [-0.4, -0.2) is 65.8 Å². The molecular weight excluding hydrogens is 304 g/mol. The SMILES string of the molecule is O=C(CN(CCO)Cc1ccccc1)N1CCOC2CCCCC21. The van der Waals surface area contributed by atoms with Crippen LogP contribution in [0.15, 0.2) is 30.3 Å². The minimum absolute atomic E-state index is 0.0648. The fraction of sp³-hybridized carbons (Fsp3) is 0.632. The van der Waals surface area contributed by atoms with Crippen LogP contribution in [0, 0.1) is 0 Å². The van der Waals surface area contributed by atoms with Gasteiger partial charge in [0.05, 0.1) is 31.9 Å². The highest BCUT2D eigenvalue weighted by Gasteiger charge is 2.36. The van der Waals surface area contributed by atoms with Crippen LogP contribution in [0.2, 0.25) is 0 Å². The molecule has 0 radical (unpaired) electrons. The topological polar surface area (TPSA) is 53.0 Å². The fourth-order valence-electron chi connectivity index (χ4n) is 3.89. The zero-order valence-corrected chi connectivity index (χ0v) is 14.3. The predicted molar refractivity (Wildman–Crippen MR) is 92.5 cm³/mol. The number of morpholine rings is 1. The second kappa shape index (κ2) is 8.60. The maximum atomic E-state index is 12.9. The van der Waals surface area contributed by atoms with E-state index in [9.17, 15) is 9.90 Å². The highest BCUT2D eigenvalue weighted by molar-refractivity contribution is 5.78. The lowest BCUT2D eigenvalue weighted by Gasteiger charge is -2.44. The van der Waals surface area contributed by atoms with Crippen molar-refractivity contribution in [2.24, 2.45) is 0 Å². The number of fused-ring (bicyclic) bond motifs is 1. The summed E-state index contributed by atoms with van der Waals surface area (Å²) in [4.78, 5) is 16.9. The Morgan fingerprint density at radius 2 is 2.04 bits per heavy atom. The van der Waals surface area contributed by atoms with E-state index >= 15 is 0 Å². The molecular formula is C19H28N2O3. The van der Waals surface area contributed by atoms with Gasteiger partial charge in [-0.05, 0) is 18.4 Å². The van der Waals surface area contributed by atoms with Gasteiger partial charge in [0.15, 0.2) is 0 Å². The van der Waals surface area contributed by atoms with Crippen LogP contribution in [0.3, 0.4) is 0 Å². The number of hydrogen-bond acceptors (Lipinski definition) is 4. The van der Waals surface area contributed by atoms with E-state index in [1.807, 2.05) is 28.0 Å². The van der Waals surface area contributed by atoms with E-state index in [1.54, 1.807) is 0 Å². The number of aliphatic hydroxyl groups excluding tert-OH is 1. The third kappa shape index (κ3) is 4.35. The van der Waals surface area contributed by atoms with E-state index in [-0.39, 0.29) is 24.7 Å². The molecule has 1 aromatic carbocycles. The van der Waals surface area contributed by atoms with Gasteiger partial charge < -0.3 is 14.7 Å². The van der Waals surface area contributed by atoms with Gasteiger partial charge in [0.25, 0.3) is 0 Å². The number of amides is 1. The minimum atomic E-state index is 0.0648. The first kappa shape index (κ1) is 17.4. The maximum Gasteiger partial charge on any atom is 0.237 e. The molecule has 2 aliphatic rings. The number of carbonyl (C=O) groups is 1. The number of nitrogens with zero attached hydrogens (tertiary/aromatic N) is 2. The van der Waals surface area contributed by atoms with Gasteiger partial charge in [-0.25, -0.2) is 0 Å². The lowest BCUT2D eigenvalue weighted by Crippen LogP contribution is -2.56. The number of carbonyl (C=O) groups excluding carboxylic acids is 1. The van der Waals surface area contributed by atoms with Crippen molar-refractivity contribution in [3.8, 4) is 0 Å². The first-order valence-electron chi connectivity index (χ1n) is 9.06. The summed E-state index contributed by atoms with van der Waals surface area (Å²) in [5.41, 5.74) is 1.16. The second-order valence-corrected chi connectivity index (χ2v) is 6.77. The van der Waals surface area contributed by atoms with Gasteiger partial charge in [0.2, 0.25) is 5.91 Å². The Hall–Kier alpha value is -1.43. The molecule has 1 heterocycles. The molecule has 5 nitrogen and oxygen atoms in total. The third-order valence-corrected chi connectivity index (χ3v) is 5.08. The fourth-order valence-corrected chi connectivity index (χ4v) is 3.89. The van der Waals surface area contributed by atoms with Crippen molar-refractivity contribution in [2.45, 2.75) is 44.4 Å². The standard InChI is InChI=1S/C19H28N2O3/c22-12-10-20(14-16-6-2-1-3-7-16)15-19(23)21-11-13-24-18-9-5-4-8-17(18)21/h1-3,6-7,17-18,22H,4-5,8-15H2. The molecule has 2 atom stereocenters. The quantitative estimate of drug-likeness (QED) is 0.861. The molecule has 0 spiro atoms. The van der Waals surface area contributed by atoms with E-state index in [2.05, 4.69) is 12.1 Å². The van der Waals surface area contributed by atoms with Crippen LogP contribution < -0.4 is 0 Å². The maximum absolute atomic E-state index is 12.9. The number of ether oxygens (including phenoxy) is 1. The molecule has 2 unspecified atom stereocenters. The van der Waals surface area contributed by atoms with Crippen molar-refractivity contribution < 1.29 is 14.6 Å². The van der Waals surface area contributed by atoms with Crippen LogP contribution in [0.4, 0.5) is 0 Å². The first-order chi connectivity index (χ1) is 11.8. The Labute approximate surface area is 144 Å². The van der Waals surface area contributed by atoms with Crippen molar-refractivity contribution in [3.05, 3.63) is 35.9 Å². The zero-order chi connectivity index (χ0) is 16.8. The van der Waals surface area contributed by atoms with Crippen LogP contribution in [0.5, 0.6) is 0 Å². The van der Waals surface area contributed by atoms with Crippen LogP contribution in [-0.2, 0) is 16.1 Å². The van der Waals surface area contributed by atoms with Crippen LogP contribution in [0.25, 0.3) is 0 Å². The molecule has 5 heteroatoms. The van der Waals surface area contributed by atoms with Crippen molar-refractivity contribution in [3.63, 3.8) is 0 Å². The van der Waals surface area contributed by atoms with Gasteiger partial charge in [-0.1, -0.05) is 43.2 Å². The van der Waals surface area contributed by atoms with Gasteiger partial charge >= 0.3 is 0 Å². The number of rotatable bonds is 6. The van der Waals surface area contributed by atoms with Crippen molar-refractivity contribution >= 4 is 5.91 Å². The lowest BCUT2D eigenvalue weighted by atomic mass is 9.90. The van der Waals surface area contributed by atoms with E-state index in [1.165, 1.54) is 12.8 Å². The number of aliphatic hydroxyl groups is 1. The molecule has 1 N–H and O–H groups in total. The van der Waals surface area contributed by atoms with Gasteiger partial charge in [0.1, 0.15) is 0 Å². The Kier molecular flexibility index (Phi) is 6.24. The van der Waals surface area contributed by atoms with Crippen molar-refractivity contribution in [1.82, 2.24) is 9.80 Å². The van der Waals surface area contributed by atoms with Crippen LogP contribution >= 0.6 is 0 Å². The third-order valence-electron chi connectivity index (χ3n) is 5.08. The minimum Gasteiger partial charge on any atom is -0.395 e. The average Bonchev–Trinajstić information content (AvgIpc) is 2.62. The summed E-state index contributed by atoms with van der Waals surface area (Å²) in [5.74, 6) is 0.166. The second-order valence-electron chi connectivity index (χ2n) is 6.77. The summed E-state index contributed by atoms with van der Waals surface area (Å²) in [6.45, 7) is 2.96. The predicted octanol–water partition coefficient (Wildman–Crippen LogP) is 1.65. The molecule has 24 heavy (non-hydrogen) atoms. The number of benzene rings is 1. The summed E-state index contributed by atoms with van der Waals surface area (Å²) >= 11 is 0. The van der Waals surface area contributed by atoms with Gasteiger partial charge in [-0.2, -0.15) is 0 Å². The molecule has 0 bridgehead atoms. The van der Waals surface area contributed by atoms with E-state index in [0.717, 1.165) is 18.4 Å². The van der Waals surface area contributed by atoms with E-state index < -0.39 is 0 Å². The number of hydrogen-bond donors (Lipinski definition) is 1. The summed E-state index contributed by atoms with van der Waals surface area (Å²) in [6, 6.07) is 10.3. The molecule has 1 aromatic rings. The molecule has 2 fully saturated rings. The summed E-state index contributed by atoms with van der Waals surface area (Å²) < 4.78 is 5.86. The molecule has 3 rings (SSSR count). The Morgan fingerprint density at radius 3 is 2.83 bits per heavy atom. The molecule has 1 amide bonds. The lowest BCUT2D eigenvalue weighted by molar-refractivity contribution is -0.150. The van der Waals surface area contributed by atoms with Crippen molar-refractivity contribution in [2.75, 3.05) is 32.8 Å². The first-order valence-corrected chi connectivity index (χ1v) is 9.06.